The summed E-state index contributed by atoms with van der Waals surface area (Å²) in [5, 5.41) is 7.84. The van der Waals surface area contributed by atoms with Crippen molar-refractivity contribution >= 4 is 28.6 Å². The standard InChI is InChI=1S/C17H16ClN7/c1-2-24-11-20-14-15(22-17(18)23-16(14)24)19-10-12-6-3-4-7-13(12)25-9-5-8-21-25/h3-9,11H,2,10H2,1H3,(H,19,22,23). The van der Waals surface area contributed by atoms with Gasteiger partial charge in [-0.2, -0.15) is 15.1 Å². The molecular formula is C17H16ClN7. The van der Waals surface area contributed by atoms with E-state index in [1.807, 2.05) is 46.6 Å². The first-order valence-electron chi connectivity index (χ1n) is 7.96. The van der Waals surface area contributed by atoms with Crippen LogP contribution < -0.4 is 5.32 Å². The number of halogens is 1. The van der Waals surface area contributed by atoms with E-state index < -0.39 is 0 Å². The molecule has 0 atom stereocenters. The smallest absolute Gasteiger partial charge is 0.226 e. The average molecular weight is 354 g/mol. The van der Waals surface area contributed by atoms with Gasteiger partial charge in [0.2, 0.25) is 5.28 Å². The van der Waals surface area contributed by atoms with Gasteiger partial charge in [0.15, 0.2) is 17.0 Å². The third-order valence-corrected chi connectivity index (χ3v) is 4.14. The maximum absolute atomic E-state index is 6.09. The van der Waals surface area contributed by atoms with Gasteiger partial charge in [-0.15, -0.1) is 0 Å². The lowest BCUT2D eigenvalue weighted by molar-refractivity contribution is 0.777. The lowest BCUT2D eigenvalue weighted by Crippen LogP contribution is -2.07. The molecule has 126 valence electrons. The van der Waals surface area contributed by atoms with E-state index in [-0.39, 0.29) is 5.28 Å². The fourth-order valence-electron chi connectivity index (χ4n) is 2.75. The van der Waals surface area contributed by atoms with Gasteiger partial charge in [0.1, 0.15) is 0 Å². The van der Waals surface area contributed by atoms with E-state index >= 15 is 0 Å². The number of aryl methyl sites for hydroxylation is 1. The van der Waals surface area contributed by atoms with Crippen molar-refractivity contribution in [1.82, 2.24) is 29.3 Å². The lowest BCUT2D eigenvalue weighted by atomic mass is 10.2. The highest BCUT2D eigenvalue weighted by atomic mass is 35.5. The summed E-state index contributed by atoms with van der Waals surface area (Å²) in [5.74, 6) is 0.623. The van der Waals surface area contributed by atoms with E-state index in [9.17, 15) is 0 Å². The fourth-order valence-corrected chi connectivity index (χ4v) is 2.91. The second-order valence-corrected chi connectivity index (χ2v) is 5.82. The number of anilines is 1. The topological polar surface area (TPSA) is 73.5 Å². The summed E-state index contributed by atoms with van der Waals surface area (Å²) in [4.78, 5) is 13.0. The predicted molar refractivity (Wildman–Crippen MR) is 96.9 cm³/mol. The number of hydrogen-bond donors (Lipinski definition) is 1. The quantitative estimate of drug-likeness (QED) is 0.557. The summed E-state index contributed by atoms with van der Waals surface area (Å²) in [6.45, 7) is 3.37. The van der Waals surface area contributed by atoms with Crippen molar-refractivity contribution in [1.29, 1.82) is 0 Å². The number of nitrogens with one attached hydrogen (secondary N) is 1. The number of imidazole rings is 1. The number of hydrogen-bond acceptors (Lipinski definition) is 5. The maximum atomic E-state index is 6.09. The van der Waals surface area contributed by atoms with Crippen molar-refractivity contribution in [3.63, 3.8) is 0 Å². The minimum atomic E-state index is 0.200. The van der Waals surface area contributed by atoms with Crippen molar-refractivity contribution in [2.45, 2.75) is 20.0 Å². The van der Waals surface area contributed by atoms with E-state index in [1.54, 1.807) is 12.5 Å². The highest BCUT2D eigenvalue weighted by Crippen LogP contribution is 2.22. The van der Waals surface area contributed by atoms with Gasteiger partial charge < -0.3 is 9.88 Å². The Hall–Kier alpha value is -2.93. The van der Waals surface area contributed by atoms with E-state index in [1.165, 1.54) is 0 Å². The molecule has 25 heavy (non-hydrogen) atoms. The zero-order valence-corrected chi connectivity index (χ0v) is 14.4. The molecule has 3 heterocycles. The van der Waals surface area contributed by atoms with Gasteiger partial charge >= 0.3 is 0 Å². The highest BCUT2D eigenvalue weighted by Gasteiger charge is 2.12. The van der Waals surface area contributed by atoms with Crippen LogP contribution in [-0.4, -0.2) is 29.3 Å². The Balaban J connectivity index is 1.67. The molecule has 0 radical (unpaired) electrons. The number of fused-ring (bicyclic) bond motifs is 1. The van der Waals surface area contributed by atoms with Crippen molar-refractivity contribution in [2.75, 3.05) is 5.32 Å². The van der Waals surface area contributed by atoms with Crippen LogP contribution in [0.1, 0.15) is 12.5 Å². The van der Waals surface area contributed by atoms with Crippen molar-refractivity contribution in [3.05, 3.63) is 59.9 Å². The monoisotopic (exact) mass is 353 g/mol. The Bertz CT molecular complexity index is 1010. The number of nitrogens with zero attached hydrogens (tertiary/aromatic N) is 6. The largest absolute Gasteiger partial charge is 0.364 e. The molecule has 0 unspecified atom stereocenters. The maximum Gasteiger partial charge on any atom is 0.226 e. The Morgan fingerprint density at radius 2 is 2.04 bits per heavy atom. The lowest BCUT2D eigenvalue weighted by Gasteiger charge is -2.11. The molecular weight excluding hydrogens is 338 g/mol. The van der Waals surface area contributed by atoms with Crippen LogP contribution in [-0.2, 0) is 13.1 Å². The molecule has 0 spiro atoms. The van der Waals surface area contributed by atoms with Gasteiger partial charge in [-0.1, -0.05) is 18.2 Å². The Kier molecular flexibility index (Phi) is 4.07. The van der Waals surface area contributed by atoms with Crippen LogP contribution in [0.15, 0.2) is 49.1 Å². The second-order valence-electron chi connectivity index (χ2n) is 5.48. The first-order valence-corrected chi connectivity index (χ1v) is 8.34. The summed E-state index contributed by atoms with van der Waals surface area (Å²) in [7, 11) is 0. The molecule has 0 saturated heterocycles. The first kappa shape index (κ1) is 15.6. The Morgan fingerprint density at radius 3 is 2.84 bits per heavy atom. The molecule has 8 heteroatoms. The minimum absolute atomic E-state index is 0.200. The van der Waals surface area contributed by atoms with E-state index in [4.69, 9.17) is 11.6 Å². The van der Waals surface area contributed by atoms with Crippen LogP contribution in [0.25, 0.3) is 16.9 Å². The van der Waals surface area contributed by atoms with Gasteiger partial charge in [0.25, 0.3) is 0 Å². The Morgan fingerprint density at radius 1 is 1.16 bits per heavy atom. The third kappa shape index (κ3) is 2.94. The first-order chi connectivity index (χ1) is 12.3. The summed E-state index contributed by atoms with van der Waals surface area (Å²) >= 11 is 6.09. The summed E-state index contributed by atoms with van der Waals surface area (Å²) in [5.41, 5.74) is 3.53. The molecule has 4 aromatic rings. The molecule has 0 amide bonds. The molecule has 0 aliphatic rings. The van der Waals surface area contributed by atoms with Gasteiger partial charge in [-0.05, 0) is 36.2 Å². The average Bonchev–Trinajstić information content (AvgIpc) is 3.29. The normalized spacial score (nSPS) is 11.1. The molecule has 3 aromatic heterocycles. The summed E-state index contributed by atoms with van der Waals surface area (Å²) in [6, 6.07) is 9.96. The highest BCUT2D eigenvalue weighted by molar-refractivity contribution is 6.28. The molecule has 0 saturated carbocycles. The van der Waals surface area contributed by atoms with Crippen molar-refractivity contribution in [2.24, 2.45) is 0 Å². The molecule has 7 nitrogen and oxygen atoms in total. The van der Waals surface area contributed by atoms with E-state index in [0.717, 1.165) is 23.4 Å². The molecule has 1 aromatic carbocycles. The van der Waals surface area contributed by atoms with Crippen molar-refractivity contribution in [3.8, 4) is 5.69 Å². The zero-order valence-electron chi connectivity index (χ0n) is 13.6. The van der Waals surface area contributed by atoms with Crippen LogP contribution in [0, 0.1) is 0 Å². The fraction of sp³-hybridized carbons (Fsp3) is 0.176. The number of rotatable bonds is 5. The van der Waals surface area contributed by atoms with Crippen LogP contribution in [0.4, 0.5) is 5.82 Å². The molecule has 0 aliphatic carbocycles. The van der Waals surface area contributed by atoms with Crippen molar-refractivity contribution < 1.29 is 0 Å². The molecule has 1 N–H and O–H groups in total. The van der Waals surface area contributed by atoms with Gasteiger partial charge in [-0.3, -0.25) is 0 Å². The molecule has 0 bridgehead atoms. The SMILES string of the molecule is CCn1cnc2c(NCc3ccccc3-n3cccn3)nc(Cl)nc21. The predicted octanol–water partition coefficient (Wildman–Crippen LogP) is 3.30. The summed E-state index contributed by atoms with van der Waals surface area (Å²) < 4.78 is 3.77. The Labute approximate surface area is 149 Å². The number of benzene rings is 1. The molecule has 0 fully saturated rings. The molecule has 4 rings (SSSR count). The van der Waals surface area contributed by atoms with E-state index in [0.29, 0.717) is 17.9 Å². The zero-order chi connectivity index (χ0) is 17.2. The minimum Gasteiger partial charge on any atom is -0.364 e. The van der Waals surface area contributed by atoms with Gasteiger partial charge in [0.05, 0.1) is 12.0 Å². The van der Waals surface area contributed by atoms with Crippen LogP contribution in [0.3, 0.4) is 0 Å². The molecule has 0 aliphatic heterocycles. The third-order valence-electron chi connectivity index (χ3n) is 3.97. The van der Waals surface area contributed by atoms with Crippen LogP contribution in [0.2, 0.25) is 5.28 Å². The summed E-state index contributed by atoms with van der Waals surface area (Å²) in [6.07, 6.45) is 5.43. The van der Waals surface area contributed by atoms with Gasteiger partial charge in [-0.25, -0.2) is 9.67 Å². The number of para-hydroxylation sites is 1. The van der Waals surface area contributed by atoms with Crippen LogP contribution >= 0.6 is 11.6 Å². The van der Waals surface area contributed by atoms with Gasteiger partial charge in [0, 0.05) is 25.5 Å². The van der Waals surface area contributed by atoms with E-state index in [2.05, 4.69) is 31.4 Å². The van der Waals surface area contributed by atoms with Crippen LogP contribution in [0.5, 0.6) is 0 Å². The second kappa shape index (κ2) is 6.52. The number of aromatic nitrogens is 6.